The first-order valence-electron chi connectivity index (χ1n) is 5.69. The predicted molar refractivity (Wildman–Crippen MR) is 64.0 cm³/mol. The molecule has 0 aromatic rings. The van der Waals surface area contributed by atoms with E-state index in [1.54, 1.807) is 0 Å². The normalized spacial score (nSPS) is 15.4. The fraction of sp³-hybridized carbons (Fsp3) is 1.00. The van der Waals surface area contributed by atoms with E-state index < -0.39 is 0 Å². The third kappa shape index (κ3) is 5.50. The molecule has 3 heteroatoms. The Kier molecular flexibility index (Phi) is 5.78. The van der Waals surface area contributed by atoms with Crippen LogP contribution < -0.4 is 5.32 Å². The third-order valence-electron chi connectivity index (χ3n) is 3.34. The highest BCUT2D eigenvalue weighted by Crippen LogP contribution is 2.21. The van der Waals surface area contributed by atoms with Gasteiger partial charge in [0.25, 0.3) is 0 Å². The number of ether oxygens (including phenoxy) is 1. The van der Waals surface area contributed by atoms with Crippen LogP contribution in [0.15, 0.2) is 0 Å². The molecule has 0 aliphatic carbocycles. The van der Waals surface area contributed by atoms with Gasteiger partial charge in [-0.1, -0.05) is 6.92 Å². The molecule has 0 saturated heterocycles. The van der Waals surface area contributed by atoms with Gasteiger partial charge in [-0.25, -0.2) is 0 Å². The Morgan fingerprint density at radius 2 is 1.80 bits per heavy atom. The zero-order chi connectivity index (χ0) is 12.1. The lowest BCUT2D eigenvalue weighted by Gasteiger charge is -2.33. The molecule has 0 amide bonds. The van der Waals surface area contributed by atoms with Crippen molar-refractivity contribution >= 4 is 0 Å². The molecule has 0 aromatic carbocycles. The van der Waals surface area contributed by atoms with Crippen molar-refractivity contribution in [2.75, 3.05) is 20.3 Å². The van der Waals surface area contributed by atoms with Crippen LogP contribution in [0.2, 0.25) is 0 Å². The summed E-state index contributed by atoms with van der Waals surface area (Å²) in [5.41, 5.74) is -0.142. The average molecular weight is 217 g/mol. The van der Waals surface area contributed by atoms with Crippen LogP contribution in [0, 0.1) is 5.92 Å². The number of hydrogen-bond donors (Lipinski definition) is 2. The molecule has 92 valence electrons. The predicted octanol–water partition coefficient (Wildman–Crippen LogP) is 1.80. The smallest absolute Gasteiger partial charge is 0.0673 e. The highest BCUT2D eigenvalue weighted by molar-refractivity contribution is 4.78. The largest absolute Gasteiger partial charge is 0.396 e. The molecule has 0 saturated carbocycles. The van der Waals surface area contributed by atoms with E-state index in [1.165, 1.54) is 0 Å². The van der Waals surface area contributed by atoms with Gasteiger partial charge in [-0.05, 0) is 41.2 Å². The van der Waals surface area contributed by atoms with Crippen LogP contribution in [0.1, 0.15) is 41.0 Å². The molecule has 2 N–H and O–H groups in total. The Bertz CT molecular complexity index is 178. The molecule has 0 heterocycles. The summed E-state index contributed by atoms with van der Waals surface area (Å²) in [6.07, 6.45) is 0.963. The van der Waals surface area contributed by atoms with Gasteiger partial charge in [0, 0.05) is 24.7 Å². The molecule has 0 aromatic heterocycles. The SMILES string of the molecule is CNC(C)(C)CCOC(C)(C)C(C)CO. The van der Waals surface area contributed by atoms with E-state index >= 15 is 0 Å². The second-order valence-electron chi connectivity index (χ2n) is 5.42. The molecule has 15 heavy (non-hydrogen) atoms. The van der Waals surface area contributed by atoms with E-state index in [9.17, 15) is 0 Å². The lowest BCUT2D eigenvalue weighted by molar-refractivity contribution is -0.0731. The van der Waals surface area contributed by atoms with Gasteiger partial charge in [0.15, 0.2) is 0 Å². The van der Waals surface area contributed by atoms with Crippen molar-refractivity contribution in [1.82, 2.24) is 5.32 Å². The minimum absolute atomic E-state index is 0.110. The molecule has 1 unspecified atom stereocenters. The van der Waals surface area contributed by atoms with Crippen LogP contribution in [0.3, 0.4) is 0 Å². The molecule has 3 nitrogen and oxygen atoms in total. The standard InChI is InChI=1S/C12H27NO2/c1-10(9-14)12(4,5)15-8-7-11(2,3)13-6/h10,13-14H,7-9H2,1-6H3. The highest BCUT2D eigenvalue weighted by atomic mass is 16.5. The second-order valence-corrected chi connectivity index (χ2v) is 5.42. The molecule has 0 aliphatic rings. The summed E-state index contributed by atoms with van der Waals surface area (Å²) in [6.45, 7) is 11.2. The Labute approximate surface area is 94.2 Å². The van der Waals surface area contributed by atoms with Crippen LogP contribution >= 0.6 is 0 Å². The van der Waals surface area contributed by atoms with E-state index in [2.05, 4.69) is 19.2 Å². The number of aliphatic hydroxyl groups is 1. The Balaban J connectivity index is 3.95. The molecule has 0 radical (unpaired) electrons. The van der Waals surface area contributed by atoms with Gasteiger partial charge in [0.05, 0.1) is 5.60 Å². The Morgan fingerprint density at radius 3 is 2.20 bits per heavy atom. The summed E-state index contributed by atoms with van der Waals surface area (Å²) in [4.78, 5) is 0. The Morgan fingerprint density at radius 1 is 1.27 bits per heavy atom. The van der Waals surface area contributed by atoms with Gasteiger partial charge in [-0.15, -0.1) is 0 Å². The van der Waals surface area contributed by atoms with Crippen LogP contribution in [-0.2, 0) is 4.74 Å². The maximum Gasteiger partial charge on any atom is 0.0673 e. The summed E-state index contributed by atoms with van der Waals surface area (Å²) >= 11 is 0. The van der Waals surface area contributed by atoms with Crippen LogP contribution in [0.5, 0.6) is 0 Å². The van der Waals surface area contributed by atoms with Crippen molar-refractivity contribution in [1.29, 1.82) is 0 Å². The zero-order valence-corrected chi connectivity index (χ0v) is 11.1. The lowest BCUT2D eigenvalue weighted by Crippen LogP contribution is -2.40. The maximum atomic E-state index is 9.08. The summed E-state index contributed by atoms with van der Waals surface area (Å²) in [5, 5.41) is 12.3. The van der Waals surface area contributed by atoms with Crippen LogP contribution in [0.4, 0.5) is 0 Å². The van der Waals surface area contributed by atoms with E-state index in [0.717, 1.165) is 6.42 Å². The summed E-state index contributed by atoms with van der Waals surface area (Å²) in [6, 6.07) is 0. The fourth-order valence-corrected chi connectivity index (χ4v) is 1.06. The van der Waals surface area contributed by atoms with Gasteiger partial charge in [0.2, 0.25) is 0 Å². The highest BCUT2D eigenvalue weighted by Gasteiger charge is 2.26. The van der Waals surface area contributed by atoms with Crippen molar-refractivity contribution < 1.29 is 9.84 Å². The van der Waals surface area contributed by atoms with Crippen molar-refractivity contribution in [3.05, 3.63) is 0 Å². The molecule has 0 fully saturated rings. The van der Waals surface area contributed by atoms with E-state index in [0.29, 0.717) is 6.61 Å². The molecule has 1 atom stereocenters. The average Bonchev–Trinajstić information content (AvgIpc) is 2.16. The summed E-state index contributed by atoms with van der Waals surface area (Å²) in [5.74, 6) is 0.162. The summed E-state index contributed by atoms with van der Waals surface area (Å²) < 4.78 is 5.82. The number of nitrogens with one attached hydrogen (secondary N) is 1. The van der Waals surface area contributed by atoms with Gasteiger partial charge < -0.3 is 15.2 Å². The van der Waals surface area contributed by atoms with Gasteiger partial charge >= 0.3 is 0 Å². The van der Waals surface area contributed by atoms with E-state index in [1.807, 2.05) is 27.8 Å². The van der Waals surface area contributed by atoms with Crippen LogP contribution in [-0.4, -0.2) is 36.5 Å². The number of hydrogen-bond acceptors (Lipinski definition) is 3. The third-order valence-corrected chi connectivity index (χ3v) is 3.34. The zero-order valence-electron chi connectivity index (χ0n) is 11.1. The van der Waals surface area contributed by atoms with Gasteiger partial charge in [-0.2, -0.15) is 0 Å². The molecular formula is C12H27NO2. The van der Waals surface area contributed by atoms with Gasteiger partial charge in [-0.3, -0.25) is 0 Å². The lowest BCUT2D eigenvalue weighted by atomic mass is 9.93. The fourth-order valence-electron chi connectivity index (χ4n) is 1.06. The Hall–Kier alpha value is -0.120. The summed E-state index contributed by atoms with van der Waals surface area (Å²) in [7, 11) is 1.96. The quantitative estimate of drug-likeness (QED) is 0.683. The molecular weight excluding hydrogens is 190 g/mol. The molecule has 0 spiro atoms. The van der Waals surface area contributed by atoms with Crippen molar-refractivity contribution in [3.8, 4) is 0 Å². The molecule has 0 aliphatic heterocycles. The topological polar surface area (TPSA) is 41.5 Å². The van der Waals surface area contributed by atoms with E-state index in [4.69, 9.17) is 9.84 Å². The molecule has 0 rings (SSSR count). The monoisotopic (exact) mass is 217 g/mol. The first kappa shape index (κ1) is 14.9. The molecule has 0 bridgehead atoms. The number of rotatable bonds is 7. The first-order valence-corrected chi connectivity index (χ1v) is 5.69. The first-order chi connectivity index (χ1) is 6.75. The minimum Gasteiger partial charge on any atom is -0.396 e. The maximum absolute atomic E-state index is 9.08. The van der Waals surface area contributed by atoms with Crippen molar-refractivity contribution in [2.45, 2.75) is 52.2 Å². The number of aliphatic hydroxyl groups excluding tert-OH is 1. The van der Waals surface area contributed by atoms with Crippen molar-refractivity contribution in [3.63, 3.8) is 0 Å². The van der Waals surface area contributed by atoms with E-state index in [-0.39, 0.29) is 23.7 Å². The van der Waals surface area contributed by atoms with Gasteiger partial charge in [0.1, 0.15) is 0 Å². The van der Waals surface area contributed by atoms with Crippen molar-refractivity contribution in [2.24, 2.45) is 5.92 Å². The van der Waals surface area contributed by atoms with Crippen LogP contribution in [0.25, 0.3) is 0 Å². The minimum atomic E-state index is -0.251. The second kappa shape index (κ2) is 5.83.